The SMILES string of the molecule is CCc1ccc(Cn2cc(C3=C(O)[C@@H](O[Si](C(C)C)(C(C)C)C(C)C)[C@@H]4O[Si](C(C)(C)C)(C(C)(C)C)OC[C@H]4O3)ccc2=O)cc1. The Kier molecular flexibility index (Phi) is 10.7. The van der Waals surface area contributed by atoms with Gasteiger partial charge in [-0.25, -0.2) is 0 Å². The molecule has 0 amide bonds. The van der Waals surface area contributed by atoms with Crippen molar-refractivity contribution in [2.24, 2.45) is 0 Å². The fourth-order valence-electron chi connectivity index (χ4n) is 8.20. The number of benzene rings is 1. The fourth-order valence-corrected chi connectivity index (χ4v) is 18.6. The minimum Gasteiger partial charge on any atom is -0.506 e. The first-order valence-corrected chi connectivity index (χ1v) is 21.1. The third kappa shape index (κ3) is 6.59. The molecule has 9 heteroatoms. The Labute approximate surface area is 279 Å². The predicted octanol–water partition coefficient (Wildman–Crippen LogP) is 9.10. The number of hydrogen-bond donors (Lipinski definition) is 1. The van der Waals surface area contributed by atoms with E-state index in [-0.39, 0.29) is 21.4 Å². The van der Waals surface area contributed by atoms with Crippen molar-refractivity contribution in [3.05, 3.63) is 75.4 Å². The number of fused-ring (bicyclic) bond motifs is 1. The van der Waals surface area contributed by atoms with Crippen molar-refractivity contribution in [1.82, 2.24) is 4.57 Å². The Morgan fingerprint density at radius 2 is 1.46 bits per heavy atom. The van der Waals surface area contributed by atoms with Crippen LogP contribution in [0.1, 0.15) is 107 Å². The van der Waals surface area contributed by atoms with Crippen LogP contribution in [0, 0.1) is 0 Å². The molecule has 0 aliphatic carbocycles. The molecule has 0 saturated carbocycles. The summed E-state index contributed by atoms with van der Waals surface area (Å²) in [6, 6.07) is 11.6. The van der Waals surface area contributed by atoms with Gasteiger partial charge in [-0.2, -0.15) is 0 Å². The Balaban J connectivity index is 1.86. The second-order valence-electron chi connectivity index (χ2n) is 16.3. The molecule has 46 heavy (non-hydrogen) atoms. The molecule has 256 valence electrons. The van der Waals surface area contributed by atoms with Gasteiger partial charge < -0.3 is 27.7 Å². The maximum Gasteiger partial charge on any atom is 0.349 e. The molecule has 4 rings (SSSR count). The second kappa shape index (κ2) is 13.4. The molecular weight excluding hydrogens is 611 g/mol. The van der Waals surface area contributed by atoms with E-state index < -0.39 is 35.2 Å². The topological polar surface area (TPSA) is 79.2 Å². The number of rotatable bonds is 9. The summed E-state index contributed by atoms with van der Waals surface area (Å²) in [7, 11) is -5.40. The molecule has 1 aromatic carbocycles. The minimum absolute atomic E-state index is 0.0326. The third-order valence-electron chi connectivity index (χ3n) is 10.2. The minimum atomic E-state index is -2.91. The summed E-state index contributed by atoms with van der Waals surface area (Å²) >= 11 is 0. The fraction of sp³-hybridized carbons (Fsp3) is 0.649. The van der Waals surface area contributed by atoms with E-state index >= 15 is 0 Å². The molecule has 1 saturated heterocycles. The summed E-state index contributed by atoms with van der Waals surface area (Å²) in [5, 5.41) is 11.8. The summed E-state index contributed by atoms with van der Waals surface area (Å²) in [6.45, 7) is 29.6. The number of aliphatic hydroxyl groups excluding tert-OH is 1. The molecule has 3 atom stereocenters. The van der Waals surface area contributed by atoms with Crippen LogP contribution in [0.4, 0.5) is 0 Å². The lowest BCUT2D eigenvalue weighted by Gasteiger charge is -2.57. The Morgan fingerprint density at radius 3 is 1.96 bits per heavy atom. The number of nitrogens with zero attached hydrogens (tertiary/aromatic N) is 1. The molecule has 2 aliphatic rings. The Hall–Kier alpha value is -2.18. The van der Waals surface area contributed by atoms with Crippen molar-refractivity contribution in [3.8, 4) is 0 Å². The van der Waals surface area contributed by atoms with Gasteiger partial charge in [0.25, 0.3) is 5.56 Å². The highest BCUT2D eigenvalue weighted by molar-refractivity contribution is 6.77. The molecule has 7 nitrogen and oxygen atoms in total. The number of aryl methyl sites for hydroxylation is 1. The zero-order valence-electron chi connectivity index (χ0n) is 30.6. The predicted molar refractivity (Wildman–Crippen MR) is 192 cm³/mol. The molecule has 2 aromatic rings. The van der Waals surface area contributed by atoms with E-state index in [4.69, 9.17) is 18.0 Å². The molecule has 1 fully saturated rings. The first-order valence-electron chi connectivity index (χ1n) is 17.2. The van der Waals surface area contributed by atoms with Gasteiger partial charge >= 0.3 is 8.56 Å². The number of ether oxygens (including phenoxy) is 1. The van der Waals surface area contributed by atoms with Crippen LogP contribution in [0.25, 0.3) is 5.76 Å². The summed E-state index contributed by atoms with van der Waals surface area (Å²) < 4.78 is 29.8. The Bertz CT molecular complexity index is 1410. The second-order valence-corrected chi connectivity index (χ2v) is 26.5. The molecule has 1 aromatic heterocycles. The van der Waals surface area contributed by atoms with Crippen molar-refractivity contribution >= 4 is 22.6 Å². The quantitative estimate of drug-likeness (QED) is 0.268. The van der Waals surface area contributed by atoms with E-state index in [0.29, 0.717) is 41.1 Å². The maximum absolute atomic E-state index is 13.0. The van der Waals surface area contributed by atoms with E-state index in [1.165, 1.54) is 5.56 Å². The van der Waals surface area contributed by atoms with Gasteiger partial charge in [0.2, 0.25) is 8.32 Å². The molecular formula is C37H59NO6Si2. The number of aliphatic hydroxyl groups is 1. The van der Waals surface area contributed by atoms with Crippen LogP contribution in [-0.2, 0) is 31.0 Å². The van der Waals surface area contributed by atoms with Crippen LogP contribution in [0.15, 0.2) is 53.1 Å². The van der Waals surface area contributed by atoms with Crippen LogP contribution in [-0.4, -0.2) is 51.5 Å². The summed E-state index contributed by atoms with van der Waals surface area (Å²) in [5.41, 5.74) is 3.70. The van der Waals surface area contributed by atoms with Crippen LogP contribution < -0.4 is 5.56 Å². The smallest absolute Gasteiger partial charge is 0.349 e. The number of pyridine rings is 1. The van der Waals surface area contributed by atoms with Gasteiger partial charge in [0.05, 0.1) is 13.2 Å². The first-order chi connectivity index (χ1) is 21.3. The van der Waals surface area contributed by atoms with Gasteiger partial charge in [0.15, 0.2) is 11.5 Å². The average molecular weight is 670 g/mol. The largest absolute Gasteiger partial charge is 0.506 e. The van der Waals surface area contributed by atoms with Gasteiger partial charge in [-0.05, 0) is 40.2 Å². The molecule has 3 heterocycles. The van der Waals surface area contributed by atoms with E-state index in [1.807, 2.05) is 0 Å². The van der Waals surface area contributed by atoms with Gasteiger partial charge in [-0.3, -0.25) is 4.79 Å². The number of hydrogen-bond acceptors (Lipinski definition) is 6. The van der Waals surface area contributed by atoms with Crippen molar-refractivity contribution in [1.29, 1.82) is 0 Å². The van der Waals surface area contributed by atoms with E-state index in [1.54, 1.807) is 22.9 Å². The maximum atomic E-state index is 13.0. The van der Waals surface area contributed by atoms with Crippen molar-refractivity contribution in [3.63, 3.8) is 0 Å². The lowest BCUT2D eigenvalue weighted by Crippen LogP contribution is -2.69. The first kappa shape index (κ1) is 36.7. The molecule has 0 spiro atoms. The highest BCUT2D eigenvalue weighted by atomic mass is 28.4. The van der Waals surface area contributed by atoms with E-state index in [2.05, 4.69) is 114 Å². The summed E-state index contributed by atoms with van der Waals surface area (Å²) in [5.74, 6) is 0.360. The van der Waals surface area contributed by atoms with Crippen LogP contribution >= 0.6 is 0 Å². The van der Waals surface area contributed by atoms with E-state index in [9.17, 15) is 9.90 Å². The zero-order valence-corrected chi connectivity index (χ0v) is 32.6. The van der Waals surface area contributed by atoms with Gasteiger partial charge in [-0.1, -0.05) is 114 Å². The lowest BCUT2D eigenvalue weighted by atomic mass is 10.0. The molecule has 1 N–H and O–H groups in total. The van der Waals surface area contributed by atoms with Crippen LogP contribution in [0.3, 0.4) is 0 Å². The molecule has 2 aliphatic heterocycles. The normalized spacial score (nSPS) is 22.4. The van der Waals surface area contributed by atoms with Gasteiger partial charge in [-0.15, -0.1) is 0 Å². The van der Waals surface area contributed by atoms with Crippen LogP contribution in [0.5, 0.6) is 0 Å². The summed E-state index contributed by atoms with van der Waals surface area (Å²) in [6.07, 6.45) is 0.999. The average Bonchev–Trinajstić information content (AvgIpc) is 2.96. The van der Waals surface area contributed by atoms with Crippen LogP contribution in [0.2, 0.25) is 26.7 Å². The zero-order chi connectivity index (χ0) is 34.4. The number of aromatic nitrogens is 1. The van der Waals surface area contributed by atoms with E-state index in [0.717, 1.165) is 12.0 Å². The Morgan fingerprint density at radius 1 is 0.913 bits per heavy atom. The van der Waals surface area contributed by atoms with Gasteiger partial charge in [0.1, 0.15) is 18.3 Å². The van der Waals surface area contributed by atoms with Crippen molar-refractivity contribution in [2.75, 3.05) is 6.61 Å². The third-order valence-corrected chi connectivity index (χ3v) is 21.4. The highest BCUT2D eigenvalue weighted by Gasteiger charge is 2.65. The highest BCUT2D eigenvalue weighted by Crippen LogP contribution is 2.56. The lowest BCUT2D eigenvalue weighted by molar-refractivity contribution is -0.127. The summed E-state index contributed by atoms with van der Waals surface area (Å²) in [4.78, 5) is 13.0. The van der Waals surface area contributed by atoms with Crippen molar-refractivity contribution < 1.29 is 23.1 Å². The molecule has 0 unspecified atom stereocenters. The van der Waals surface area contributed by atoms with Crippen molar-refractivity contribution in [2.45, 2.75) is 148 Å². The standard InChI is InChI=1S/C37H59NO6Si2/c1-14-27-15-17-28(18-16-27)21-38-22-29(19-20-31(38)39)33-32(40)35(43-45(24(2)3,25(4)5)26(6)7)34-30(42-33)23-41-46(44-34,36(8,9)10)37(11,12)13/h15-20,22,24-26,30,34-35,40H,14,21,23H2,1-13H3/t30-,34-,35-/m1/s1. The molecule has 0 bridgehead atoms. The molecule has 0 radical (unpaired) electrons. The monoisotopic (exact) mass is 669 g/mol. The van der Waals surface area contributed by atoms with Gasteiger partial charge in [0, 0.05) is 27.9 Å².